The summed E-state index contributed by atoms with van der Waals surface area (Å²) in [4.78, 5) is 12.8. The Morgan fingerprint density at radius 2 is 2.00 bits per heavy atom. The van der Waals surface area contributed by atoms with E-state index in [0.29, 0.717) is 13.0 Å². The molecular weight excluding hydrogens is 382 g/mol. The summed E-state index contributed by atoms with van der Waals surface area (Å²) in [5.74, 6) is 0.392. The fourth-order valence-electron chi connectivity index (χ4n) is 3.22. The summed E-state index contributed by atoms with van der Waals surface area (Å²) >= 11 is 0. The molecule has 0 aliphatic carbocycles. The van der Waals surface area contributed by atoms with Gasteiger partial charge in [-0.1, -0.05) is 12.1 Å². The van der Waals surface area contributed by atoms with Gasteiger partial charge in [0.05, 0.1) is 19.3 Å². The average Bonchev–Trinajstić information content (AvgIpc) is 3.01. The van der Waals surface area contributed by atoms with Crippen LogP contribution in [0.15, 0.2) is 30.5 Å². The number of nitrogens with one attached hydrogen (secondary N) is 2. The Bertz CT molecular complexity index is 955. The number of aromatic nitrogens is 2. The van der Waals surface area contributed by atoms with Crippen LogP contribution in [0.25, 0.3) is 0 Å². The molecule has 1 amide bonds. The summed E-state index contributed by atoms with van der Waals surface area (Å²) in [5, 5.41) is 7.01. The molecular formula is C18H25N5O4S. The van der Waals surface area contributed by atoms with Gasteiger partial charge >= 0.3 is 0 Å². The van der Waals surface area contributed by atoms with Gasteiger partial charge in [0.1, 0.15) is 11.8 Å². The lowest BCUT2D eigenvalue weighted by molar-refractivity contribution is -0.125. The second-order valence-electron chi connectivity index (χ2n) is 6.82. The highest BCUT2D eigenvalue weighted by Crippen LogP contribution is 2.29. The van der Waals surface area contributed by atoms with Crippen molar-refractivity contribution < 1.29 is 17.9 Å². The van der Waals surface area contributed by atoms with E-state index in [-0.39, 0.29) is 5.91 Å². The highest BCUT2D eigenvalue weighted by Gasteiger charge is 2.41. The van der Waals surface area contributed by atoms with Crippen molar-refractivity contribution in [1.29, 1.82) is 0 Å². The minimum absolute atomic E-state index is 0.303. The van der Waals surface area contributed by atoms with Gasteiger partial charge in [-0.05, 0) is 31.0 Å². The second kappa shape index (κ2) is 7.90. The molecule has 9 nitrogen and oxygen atoms in total. The molecule has 152 valence electrons. The summed E-state index contributed by atoms with van der Waals surface area (Å²) in [6, 6.07) is 6.00. The molecule has 1 aliphatic heterocycles. The van der Waals surface area contributed by atoms with Crippen molar-refractivity contribution in [2.75, 3.05) is 14.2 Å². The molecule has 10 heteroatoms. The highest BCUT2D eigenvalue weighted by molar-refractivity contribution is 7.87. The number of aryl methyl sites for hydroxylation is 1. The Kier molecular flexibility index (Phi) is 5.73. The first-order valence-corrected chi connectivity index (χ1v) is 10.3. The lowest BCUT2D eigenvalue weighted by Gasteiger charge is -2.36. The van der Waals surface area contributed by atoms with Crippen LogP contribution in [0.3, 0.4) is 0 Å². The largest absolute Gasteiger partial charge is 0.497 e. The monoisotopic (exact) mass is 407 g/mol. The fourth-order valence-corrected chi connectivity index (χ4v) is 4.49. The van der Waals surface area contributed by atoms with E-state index in [9.17, 15) is 13.2 Å². The number of ether oxygens (including phenoxy) is 1. The zero-order valence-corrected chi connectivity index (χ0v) is 17.2. The molecule has 2 unspecified atom stereocenters. The van der Waals surface area contributed by atoms with Gasteiger partial charge in [-0.25, -0.2) is 0 Å². The molecule has 0 radical (unpaired) electrons. The summed E-state index contributed by atoms with van der Waals surface area (Å²) in [5.41, 5.74) is 2.52. The first-order chi connectivity index (χ1) is 13.2. The van der Waals surface area contributed by atoms with Crippen LogP contribution in [0, 0.1) is 6.92 Å². The predicted molar refractivity (Wildman–Crippen MR) is 104 cm³/mol. The quantitative estimate of drug-likeness (QED) is 0.756. The fraction of sp³-hybridized carbons (Fsp3) is 0.444. The van der Waals surface area contributed by atoms with Crippen LogP contribution < -0.4 is 14.8 Å². The molecule has 0 saturated carbocycles. The van der Waals surface area contributed by atoms with Gasteiger partial charge in [0.25, 0.3) is 10.2 Å². The minimum atomic E-state index is -3.78. The summed E-state index contributed by atoms with van der Waals surface area (Å²) in [6.45, 7) is 2.17. The van der Waals surface area contributed by atoms with Crippen molar-refractivity contribution in [3.63, 3.8) is 0 Å². The number of carbonyl (C=O) groups is 1. The van der Waals surface area contributed by atoms with Crippen molar-refractivity contribution >= 4 is 16.1 Å². The number of hydrogen-bond acceptors (Lipinski definition) is 5. The first-order valence-electron chi connectivity index (χ1n) is 8.87. The molecule has 1 aromatic heterocycles. The molecule has 2 atom stereocenters. The van der Waals surface area contributed by atoms with Crippen LogP contribution in [0.2, 0.25) is 0 Å². The molecule has 1 aromatic carbocycles. The van der Waals surface area contributed by atoms with Gasteiger partial charge in [-0.3, -0.25) is 9.48 Å². The maximum absolute atomic E-state index is 12.8. The molecule has 1 fully saturated rings. The predicted octanol–water partition coefficient (Wildman–Crippen LogP) is 0.633. The smallest absolute Gasteiger partial charge is 0.280 e. The number of benzene rings is 1. The van der Waals surface area contributed by atoms with Crippen LogP contribution in [-0.2, 0) is 28.6 Å². The zero-order chi connectivity index (χ0) is 20.5. The molecule has 28 heavy (non-hydrogen) atoms. The van der Waals surface area contributed by atoms with Gasteiger partial charge in [0.2, 0.25) is 5.91 Å². The number of nitrogens with zero attached hydrogens (tertiary/aromatic N) is 3. The maximum Gasteiger partial charge on any atom is 0.280 e. The number of hydrogen-bond donors (Lipinski definition) is 2. The van der Waals surface area contributed by atoms with Crippen LogP contribution >= 0.6 is 0 Å². The van der Waals surface area contributed by atoms with Crippen molar-refractivity contribution in [2.24, 2.45) is 7.05 Å². The topological polar surface area (TPSA) is 106 Å². The van der Waals surface area contributed by atoms with E-state index in [2.05, 4.69) is 15.1 Å². The maximum atomic E-state index is 12.8. The van der Waals surface area contributed by atoms with Crippen LogP contribution in [0.4, 0.5) is 0 Å². The molecule has 1 saturated heterocycles. The number of methoxy groups -OCH3 is 1. The Morgan fingerprint density at radius 1 is 1.32 bits per heavy atom. The van der Waals surface area contributed by atoms with E-state index in [4.69, 9.17) is 4.74 Å². The Hall–Kier alpha value is -2.43. The van der Waals surface area contributed by atoms with Crippen molar-refractivity contribution in [3.05, 3.63) is 47.3 Å². The van der Waals surface area contributed by atoms with Gasteiger partial charge in [-0.15, -0.1) is 0 Å². The van der Waals surface area contributed by atoms with Crippen molar-refractivity contribution in [3.8, 4) is 5.75 Å². The standard InChI is InChI=1S/C18H25N5O4S/c1-12-15(11-20-22(12)2)16-9-17(23(3)28(25,26)21-16)18(24)19-10-13-5-7-14(27-4)8-6-13/h5-8,11,16-17,21H,9-10H2,1-4H3,(H,19,24). The summed E-state index contributed by atoms with van der Waals surface area (Å²) in [6.07, 6.45) is 1.96. The van der Waals surface area contributed by atoms with Crippen LogP contribution in [-0.4, -0.2) is 48.6 Å². The lowest BCUT2D eigenvalue weighted by atomic mass is 10.00. The number of rotatable bonds is 5. The average molecular weight is 407 g/mol. The summed E-state index contributed by atoms with van der Waals surface area (Å²) < 4.78 is 35.6. The molecule has 0 bridgehead atoms. The Labute approximate surface area is 164 Å². The zero-order valence-electron chi connectivity index (χ0n) is 16.3. The second-order valence-corrected chi connectivity index (χ2v) is 8.58. The molecule has 1 aliphatic rings. The highest BCUT2D eigenvalue weighted by atomic mass is 32.2. The molecule has 3 rings (SSSR count). The van der Waals surface area contributed by atoms with Crippen molar-refractivity contribution in [2.45, 2.75) is 32.0 Å². The van der Waals surface area contributed by atoms with Gasteiger partial charge in [0.15, 0.2) is 0 Å². The number of amides is 1. The third-order valence-corrected chi connectivity index (χ3v) is 6.74. The SMILES string of the molecule is COc1ccc(CNC(=O)C2CC(c3cnn(C)c3C)NS(=O)(=O)N2C)cc1. The van der Waals surface area contributed by atoms with E-state index in [0.717, 1.165) is 26.9 Å². The lowest BCUT2D eigenvalue weighted by Crippen LogP contribution is -2.57. The first kappa shape index (κ1) is 20.3. The van der Waals surface area contributed by atoms with Gasteiger partial charge < -0.3 is 10.1 Å². The van der Waals surface area contributed by atoms with E-state index >= 15 is 0 Å². The van der Waals surface area contributed by atoms with Gasteiger partial charge in [0, 0.05) is 31.9 Å². The summed E-state index contributed by atoms with van der Waals surface area (Å²) in [7, 11) is 1.01. The third-order valence-electron chi connectivity index (χ3n) is 5.15. The minimum Gasteiger partial charge on any atom is -0.497 e. The third kappa shape index (κ3) is 4.03. The van der Waals surface area contributed by atoms with Gasteiger partial charge in [-0.2, -0.15) is 22.5 Å². The number of likely N-dealkylation sites (N-methyl/N-ethyl adjacent to an activating group) is 1. The van der Waals surface area contributed by atoms with E-state index in [1.807, 2.05) is 31.2 Å². The molecule has 2 N–H and O–H groups in total. The molecule has 0 spiro atoms. The Balaban J connectivity index is 1.74. The Morgan fingerprint density at radius 3 is 2.57 bits per heavy atom. The molecule has 2 heterocycles. The van der Waals surface area contributed by atoms with E-state index in [1.165, 1.54) is 7.05 Å². The normalized spacial score (nSPS) is 22.0. The van der Waals surface area contributed by atoms with Crippen molar-refractivity contribution in [1.82, 2.24) is 24.1 Å². The van der Waals surface area contributed by atoms with Crippen LogP contribution in [0.1, 0.15) is 29.3 Å². The molecule has 2 aromatic rings. The number of carbonyl (C=O) groups excluding carboxylic acids is 1. The van der Waals surface area contributed by atoms with E-state index < -0.39 is 22.3 Å². The van der Waals surface area contributed by atoms with Crippen LogP contribution in [0.5, 0.6) is 5.75 Å². The van der Waals surface area contributed by atoms with E-state index in [1.54, 1.807) is 25.0 Å².